The number of carbonyl (C=O) groups is 3. The summed E-state index contributed by atoms with van der Waals surface area (Å²) < 4.78 is 0. The molecule has 0 aliphatic carbocycles. The fourth-order valence-electron chi connectivity index (χ4n) is 1.48. The van der Waals surface area contributed by atoms with Crippen LogP contribution < -0.4 is 21.7 Å². The highest BCUT2D eigenvalue weighted by molar-refractivity contribution is 6.06. The second kappa shape index (κ2) is 7.57. The number of hydrogen-bond donors (Lipinski definition) is 4. The molecule has 0 bridgehead atoms. The second-order valence-corrected chi connectivity index (χ2v) is 3.80. The Balaban J connectivity index is 2.74. The van der Waals surface area contributed by atoms with E-state index < -0.39 is 11.8 Å². The topological polar surface area (TPSA) is 113 Å². The standard InChI is InChI=1S/C13H16N4O3/c1-15-11(10(14)12(19)17-8-18)13(20)16-7-9-5-3-2-4-6-9/h2-6,8,15H,7,14H2,1H3,(H,16,20)(H,17,18,19)/b11-10+. The normalized spacial score (nSPS) is 11.1. The van der Waals surface area contributed by atoms with E-state index >= 15 is 0 Å². The molecule has 0 aromatic heterocycles. The van der Waals surface area contributed by atoms with Gasteiger partial charge in [0, 0.05) is 13.6 Å². The van der Waals surface area contributed by atoms with E-state index in [-0.39, 0.29) is 17.8 Å². The molecule has 5 N–H and O–H groups in total. The predicted molar refractivity (Wildman–Crippen MR) is 72.8 cm³/mol. The van der Waals surface area contributed by atoms with Crippen LogP contribution in [0.25, 0.3) is 0 Å². The van der Waals surface area contributed by atoms with Crippen molar-refractivity contribution in [3.63, 3.8) is 0 Å². The molecule has 0 aliphatic rings. The molecule has 1 aromatic rings. The first kappa shape index (κ1) is 15.2. The third kappa shape index (κ3) is 4.13. The van der Waals surface area contributed by atoms with Crippen molar-refractivity contribution in [1.82, 2.24) is 16.0 Å². The average molecular weight is 276 g/mol. The van der Waals surface area contributed by atoms with Crippen molar-refractivity contribution in [2.75, 3.05) is 7.05 Å². The molecule has 0 fully saturated rings. The number of imide groups is 1. The van der Waals surface area contributed by atoms with Crippen molar-refractivity contribution in [3.05, 3.63) is 47.3 Å². The number of carbonyl (C=O) groups excluding carboxylic acids is 3. The van der Waals surface area contributed by atoms with Crippen LogP contribution in [0.4, 0.5) is 0 Å². The van der Waals surface area contributed by atoms with Crippen LogP contribution in [-0.2, 0) is 20.9 Å². The SMILES string of the molecule is CN/C(C(=O)NCc1ccccc1)=C(/N)C(=O)NC=O. The zero-order valence-electron chi connectivity index (χ0n) is 11.0. The van der Waals surface area contributed by atoms with Gasteiger partial charge in [0.05, 0.1) is 0 Å². The fourth-order valence-corrected chi connectivity index (χ4v) is 1.48. The Morgan fingerprint density at radius 3 is 2.40 bits per heavy atom. The van der Waals surface area contributed by atoms with Crippen molar-refractivity contribution >= 4 is 18.2 Å². The Morgan fingerprint density at radius 1 is 1.20 bits per heavy atom. The smallest absolute Gasteiger partial charge is 0.275 e. The van der Waals surface area contributed by atoms with Gasteiger partial charge in [-0.1, -0.05) is 30.3 Å². The Kier molecular flexibility index (Phi) is 5.76. The number of nitrogens with one attached hydrogen (secondary N) is 3. The summed E-state index contributed by atoms with van der Waals surface area (Å²) in [6.07, 6.45) is 0.199. The number of rotatable bonds is 6. The van der Waals surface area contributed by atoms with E-state index in [1.165, 1.54) is 7.05 Å². The van der Waals surface area contributed by atoms with Crippen LogP contribution in [0, 0.1) is 0 Å². The molecule has 1 aromatic carbocycles. The molecule has 0 saturated heterocycles. The van der Waals surface area contributed by atoms with Gasteiger partial charge in [-0.05, 0) is 5.56 Å². The van der Waals surface area contributed by atoms with Gasteiger partial charge in [-0.15, -0.1) is 0 Å². The predicted octanol–water partition coefficient (Wildman–Crippen LogP) is -1.03. The van der Waals surface area contributed by atoms with Crippen molar-refractivity contribution in [2.24, 2.45) is 5.73 Å². The third-order valence-electron chi connectivity index (χ3n) is 2.48. The maximum atomic E-state index is 11.9. The van der Waals surface area contributed by atoms with Gasteiger partial charge in [0.1, 0.15) is 11.4 Å². The van der Waals surface area contributed by atoms with E-state index in [2.05, 4.69) is 10.6 Å². The van der Waals surface area contributed by atoms with E-state index in [9.17, 15) is 14.4 Å². The summed E-state index contributed by atoms with van der Waals surface area (Å²) in [5.41, 5.74) is 5.97. The first-order valence-electron chi connectivity index (χ1n) is 5.84. The van der Waals surface area contributed by atoms with Crippen LogP contribution in [0.5, 0.6) is 0 Å². The highest BCUT2D eigenvalue weighted by atomic mass is 16.2. The van der Waals surface area contributed by atoms with Crippen molar-refractivity contribution in [3.8, 4) is 0 Å². The quantitative estimate of drug-likeness (QED) is 0.392. The van der Waals surface area contributed by atoms with Gasteiger partial charge in [-0.2, -0.15) is 0 Å². The highest BCUT2D eigenvalue weighted by Gasteiger charge is 2.17. The molecule has 0 unspecified atom stereocenters. The Hall–Kier alpha value is -2.83. The lowest BCUT2D eigenvalue weighted by Crippen LogP contribution is -2.37. The van der Waals surface area contributed by atoms with E-state index in [1.807, 2.05) is 35.6 Å². The Morgan fingerprint density at radius 2 is 1.85 bits per heavy atom. The van der Waals surface area contributed by atoms with Crippen molar-refractivity contribution in [1.29, 1.82) is 0 Å². The van der Waals surface area contributed by atoms with Gasteiger partial charge >= 0.3 is 0 Å². The van der Waals surface area contributed by atoms with Crippen LogP contribution in [0.3, 0.4) is 0 Å². The number of likely N-dealkylation sites (N-methyl/N-ethyl adjacent to an activating group) is 1. The van der Waals surface area contributed by atoms with Crippen LogP contribution in [0.15, 0.2) is 41.7 Å². The van der Waals surface area contributed by atoms with Crippen LogP contribution in [-0.4, -0.2) is 25.3 Å². The first-order valence-corrected chi connectivity index (χ1v) is 5.84. The van der Waals surface area contributed by atoms with Gasteiger partial charge in [0.25, 0.3) is 11.8 Å². The summed E-state index contributed by atoms with van der Waals surface area (Å²) in [5.74, 6) is -1.37. The van der Waals surface area contributed by atoms with Crippen molar-refractivity contribution < 1.29 is 14.4 Å². The zero-order chi connectivity index (χ0) is 15.0. The van der Waals surface area contributed by atoms with E-state index in [0.29, 0.717) is 6.54 Å². The van der Waals surface area contributed by atoms with Crippen molar-refractivity contribution in [2.45, 2.75) is 6.54 Å². The molecule has 0 heterocycles. The maximum Gasteiger partial charge on any atom is 0.275 e. The molecule has 0 spiro atoms. The highest BCUT2D eigenvalue weighted by Crippen LogP contribution is 2.00. The van der Waals surface area contributed by atoms with Crippen LogP contribution >= 0.6 is 0 Å². The zero-order valence-corrected chi connectivity index (χ0v) is 11.0. The fraction of sp³-hybridized carbons (Fsp3) is 0.154. The number of hydrogen-bond acceptors (Lipinski definition) is 5. The van der Waals surface area contributed by atoms with Gasteiger partial charge in [0.15, 0.2) is 0 Å². The molecule has 0 saturated carbocycles. The van der Waals surface area contributed by atoms with Gasteiger partial charge < -0.3 is 16.4 Å². The Bertz CT molecular complexity index is 526. The molecular weight excluding hydrogens is 260 g/mol. The summed E-state index contributed by atoms with van der Waals surface area (Å²) in [6.45, 7) is 0.299. The first-order chi connectivity index (χ1) is 9.60. The third-order valence-corrected chi connectivity index (χ3v) is 2.48. The molecule has 7 nitrogen and oxygen atoms in total. The van der Waals surface area contributed by atoms with Crippen LogP contribution in [0.2, 0.25) is 0 Å². The lowest BCUT2D eigenvalue weighted by molar-refractivity contribution is -0.123. The average Bonchev–Trinajstić information content (AvgIpc) is 2.47. The molecule has 0 aliphatic heterocycles. The molecule has 106 valence electrons. The van der Waals surface area contributed by atoms with Gasteiger partial charge in [-0.3, -0.25) is 19.7 Å². The summed E-state index contributed by atoms with van der Waals surface area (Å²) in [7, 11) is 1.46. The van der Waals surface area contributed by atoms with Gasteiger partial charge in [-0.25, -0.2) is 0 Å². The number of nitrogens with two attached hydrogens (primary N) is 1. The molecule has 0 atom stereocenters. The molecule has 0 radical (unpaired) electrons. The molecule has 20 heavy (non-hydrogen) atoms. The summed E-state index contributed by atoms with van der Waals surface area (Å²) in [6, 6.07) is 9.27. The molecule has 7 heteroatoms. The minimum absolute atomic E-state index is 0.0970. The molecule has 3 amide bonds. The minimum atomic E-state index is -0.834. The summed E-state index contributed by atoms with van der Waals surface area (Å²) in [4.78, 5) is 33.5. The largest absolute Gasteiger partial charge is 0.392 e. The Labute approximate surface area is 116 Å². The lowest BCUT2D eigenvalue weighted by Gasteiger charge is -2.11. The molecule has 1 rings (SSSR count). The number of amides is 3. The monoisotopic (exact) mass is 276 g/mol. The summed E-state index contributed by atoms with van der Waals surface area (Å²) >= 11 is 0. The summed E-state index contributed by atoms with van der Waals surface area (Å²) in [5, 5.41) is 7.03. The van der Waals surface area contributed by atoms with E-state index in [1.54, 1.807) is 0 Å². The lowest BCUT2D eigenvalue weighted by atomic mass is 10.2. The maximum absolute atomic E-state index is 11.9. The second-order valence-electron chi connectivity index (χ2n) is 3.80. The van der Waals surface area contributed by atoms with E-state index in [4.69, 9.17) is 5.73 Å². The number of benzene rings is 1. The molecular formula is C13H16N4O3. The van der Waals surface area contributed by atoms with Crippen LogP contribution in [0.1, 0.15) is 5.56 Å². The van der Waals surface area contributed by atoms with E-state index in [0.717, 1.165) is 5.56 Å². The minimum Gasteiger partial charge on any atom is -0.392 e. The van der Waals surface area contributed by atoms with Gasteiger partial charge in [0.2, 0.25) is 6.41 Å².